The fourth-order valence-electron chi connectivity index (χ4n) is 13.1. The van der Waals surface area contributed by atoms with Gasteiger partial charge < -0.3 is 50.4 Å². The Morgan fingerprint density at radius 2 is 1.73 bits per heavy atom. The number of aliphatic hydroxyl groups is 3. The molecule has 4 aromatic rings. The first-order valence-corrected chi connectivity index (χ1v) is 23.2. The van der Waals surface area contributed by atoms with Crippen LogP contribution in [0.3, 0.4) is 0 Å². The first-order valence-electron chi connectivity index (χ1n) is 23.2. The summed E-state index contributed by atoms with van der Waals surface area (Å²) in [6, 6.07) is 19.2. The van der Waals surface area contributed by atoms with E-state index in [-0.39, 0.29) is 64.6 Å². The molecule has 1 aliphatic heterocycles. The summed E-state index contributed by atoms with van der Waals surface area (Å²) >= 11 is 0. The molecule has 4 aliphatic carbocycles. The Kier molecular flexibility index (Phi) is 12.5. The minimum atomic E-state index is -0.677. The number of likely N-dealkylation sites (N-methyl/N-ethyl adjacent to an activating group) is 1. The fraction of sp³-hybridized carbons (Fsp3) is 0.538. The second-order valence-electron chi connectivity index (χ2n) is 19.4. The van der Waals surface area contributed by atoms with Gasteiger partial charge in [-0.15, -0.1) is 0 Å². The van der Waals surface area contributed by atoms with Gasteiger partial charge in [0.2, 0.25) is 5.75 Å². The van der Waals surface area contributed by atoms with E-state index in [9.17, 15) is 30.6 Å². The van der Waals surface area contributed by atoms with E-state index in [1.165, 1.54) is 25.5 Å². The van der Waals surface area contributed by atoms with Crippen LogP contribution in [0.2, 0.25) is 0 Å². The molecule has 8 N–H and O–H groups in total. The van der Waals surface area contributed by atoms with Crippen LogP contribution in [0.15, 0.2) is 79.1 Å². The van der Waals surface area contributed by atoms with Crippen LogP contribution in [-0.2, 0) is 23.2 Å². The number of hydrogen-bond donors (Lipinski definition) is 8. The van der Waals surface area contributed by atoms with Gasteiger partial charge in [0, 0.05) is 48.3 Å². The number of phenolic OH excluding ortho intramolecular Hbond substituents is 2. The van der Waals surface area contributed by atoms with Gasteiger partial charge in [-0.05, 0) is 140 Å². The maximum absolute atomic E-state index is 12.5. The summed E-state index contributed by atoms with van der Waals surface area (Å²) in [4.78, 5) is 3.07. The van der Waals surface area contributed by atoms with E-state index >= 15 is 0 Å². The van der Waals surface area contributed by atoms with Gasteiger partial charge in [0.05, 0.1) is 38.1 Å². The first kappa shape index (κ1) is 43.0. The summed E-state index contributed by atoms with van der Waals surface area (Å²) in [5, 5.41) is 72.4. The molecule has 4 fully saturated rings. The molecule has 3 aromatic carbocycles. The average Bonchev–Trinajstić information content (AvgIpc) is 4.00. The lowest BCUT2D eigenvalue weighted by Gasteiger charge is -2.48. The Hall–Kier alpha value is -4.32. The highest BCUT2D eigenvalue weighted by molar-refractivity contribution is 5.64. The Morgan fingerprint density at radius 3 is 2.45 bits per heavy atom. The van der Waals surface area contributed by atoms with Crippen molar-refractivity contribution in [2.24, 2.45) is 23.7 Å². The van der Waals surface area contributed by atoms with Crippen LogP contribution in [0.25, 0.3) is 0 Å². The third kappa shape index (κ3) is 7.95. The fourth-order valence-corrected chi connectivity index (χ4v) is 13.1. The molecule has 0 unspecified atom stereocenters. The number of ether oxygens (including phenoxy) is 2. The molecule has 62 heavy (non-hydrogen) atoms. The zero-order chi connectivity index (χ0) is 43.1. The number of rotatable bonds is 12. The van der Waals surface area contributed by atoms with E-state index in [0.717, 1.165) is 68.1 Å². The topological polar surface area (TPSA) is 168 Å². The number of methoxy groups -OCH3 is 1. The van der Waals surface area contributed by atoms with Gasteiger partial charge in [-0.25, -0.2) is 0 Å². The van der Waals surface area contributed by atoms with Crippen molar-refractivity contribution in [1.82, 2.24) is 10.3 Å². The minimum absolute atomic E-state index is 0.0115. The third-order valence-corrected chi connectivity index (χ3v) is 16.2. The molecule has 0 amide bonds. The van der Waals surface area contributed by atoms with E-state index in [2.05, 4.69) is 58.9 Å². The predicted molar refractivity (Wildman–Crippen MR) is 239 cm³/mol. The zero-order valence-corrected chi connectivity index (χ0v) is 36.3. The molecule has 9 rings (SSSR count). The number of nitrogens with one attached hydrogen (secondary N) is 2. The third-order valence-electron chi connectivity index (χ3n) is 16.2. The molecule has 1 aromatic heterocycles. The van der Waals surface area contributed by atoms with Gasteiger partial charge >= 0.3 is 0 Å². The van der Waals surface area contributed by atoms with E-state index in [4.69, 9.17) is 9.47 Å². The quantitative estimate of drug-likeness (QED) is 0.0515. The standard InChI is InChI=1S/C52H66N2O8/c1-53-35-13-16-36-33(23-35)11-15-38(44(58)27-52(19-6-7-20-52)34-8-4-3-5-9-34)47(36)39-24-31(12-17-42(39)56)32-10-14-37-43(57)26-46(62-45(37)25-32)48-40(22-30-18-21-54-28-30)51(61-2)50(60)49(59)41(48)29-55/h3-5,8-9,12-13,16-18,21,24,28,32-33,35-38,43-47,53-60H,6-7,10-11,14-15,19-20,22-23,25-27,29H2,1-2H3/t32-,33+,35+,36-,37+,38-,43+,44-,45+,46+,47+/m1/s1. The second-order valence-corrected chi connectivity index (χ2v) is 19.4. The summed E-state index contributed by atoms with van der Waals surface area (Å²) in [5.41, 5.74) is 5.57. The van der Waals surface area contributed by atoms with E-state index < -0.39 is 36.4 Å². The van der Waals surface area contributed by atoms with Gasteiger partial charge in [0.15, 0.2) is 11.5 Å². The van der Waals surface area contributed by atoms with Crippen molar-refractivity contribution in [1.29, 1.82) is 0 Å². The van der Waals surface area contributed by atoms with Crippen LogP contribution in [0.4, 0.5) is 0 Å². The molecular weight excluding hydrogens is 781 g/mol. The molecule has 3 saturated carbocycles. The molecule has 0 spiro atoms. The van der Waals surface area contributed by atoms with Crippen molar-refractivity contribution in [3.63, 3.8) is 0 Å². The van der Waals surface area contributed by atoms with Crippen LogP contribution >= 0.6 is 0 Å². The highest BCUT2D eigenvalue weighted by Crippen LogP contribution is 2.56. The van der Waals surface area contributed by atoms with Crippen LogP contribution in [0, 0.1) is 23.7 Å². The number of phenols is 3. The van der Waals surface area contributed by atoms with Gasteiger partial charge in [-0.1, -0.05) is 67.5 Å². The zero-order valence-electron chi connectivity index (χ0n) is 36.3. The molecule has 0 radical (unpaired) electrons. The summed E-state index contributed by atoms with van der Waals surface area (Å²) in [7, 11) is 3.46. The first-order chi connectivity index (χ1) is 30.1. The summed E-state index contributed by atoms with van der Waals surface area (Å²) in [5.74, 6) is 0.109. The van der Waals surface area contributed by atoms with Crippen molar-refractivity contribution in [2.75, 3.05) is 14.2 Å². The van der Waals surface area contributed by atoms with E-state index in [0.29, 0.717) is 35.9 Å². The molecular formula is C52H66N2O8. The van der Waals surface area contributed by atoms with Crippen LogP contribution < -0.4 is 10.1 Å². The SMILES string of the molecule is CN[C@H]1C=C[C@@H]2[C@@H](CC[C@H]([C@H](O)CC3(c4ccccc4)CCCC3)[C@H]2c2cc([C@@H]3CC[C@@H]4[C@H](C3)O[C@H](c3c(CO)c(O)c(O)c(OC)c3Cc3cc[nH]c3)C[C@@H]4O)ccc2O)C1. The maximum Gasteiger partial charge on any atom is 0.201 e. The Morgan fingerprint density at radius 1 is 0.919 bits per heavy atom. The van der Waals surface area contributed by atoms with E-state index in [1.54, 1.807) is 0 Å². The van der Waals surface area contributed by atoms with Gasteiger partial charge in [-0.3, -0.25) is 0 Å². The van der Waals surface area contributed by atoms with Crippen molar-refractivity contribution < 1.29 is 40.1 Å². The molecule has 11 atom stereocenters. The number of aromatic hydroxyl groups is 3. The highest BCUT2D eigenvalue weighted by atomic mass is 16.5. The van der Waals surface area contributed by atoms with Crippen LogP contribution in [0.5, 0.6) is 23.0 Å². The lowest BCUT2D eigenvalue weighted by Crippen LogP contribution is -2.45. The number of aromatic amines is 1. The number of allylic oxidation sites excluding steroid dienone is 1. The van der Waals surface area contributed by atoms with Gasteiger partial charge in [0.1, 0.15) is 5.75 Å². The molecule has 10 nitrogen and oxygen atoms in total. The molecule has 5 aliphatic rings. The molecule has 2 heterocycles. The van der Waals surface area contributed by atoms with Gasteiger partial charge in [0.25, 0.3) is 0 Å². The second kappa shape index (κ2) is 18.0. The number of hydrogen-bond acceptors (Lipinski definition) is 9. The van der Waals surface area contributed by atoms with Crippen molar-refractivity contribution in [3.8, 4) is 23.0 Å². The summed E-state index contributed by atoms with van der Waals surface area (Å²) < 4.78 is 12.7. The largest absolute Gasteiger partial charge is 0.508 e. The van der Waals surface area contributed by atoms with Gasteiger partial charge in [-0.2, -0.15) is 0 Å². The average molecular weight is 847 g/mol. The molecule has 10 heteroatoms. The monoisotopic (exact) mass is 846 g/mol. The summed E-state index contributed by atoms with van der Waals surface area (Å²) in [6.45, 7) is -0.529. The minimum Gasteiger partial charge on any atom is -0.508 e. The van der Waals surface area contributed by atoms with Crippen molar-refractivity contribution >= 4 is 0 Å². The summed E-state index contributed by atoms with van der Waals surface area (Å²) in [6.07, 6.45) is 17.3. The lowest BCUT2D eigenvalue weighted by molar-refractivity contribution is -0.154. The maximum atomic E-state index is 12.5. The highest BCUT2D eigenvalue weighted by Gasteiger charge is 2.48. The molecule has 1 saturated heterocycles. The van der Waals surface area contributed by atoms with Crippen LogP contribution in [0.1, 0.15) is 134 Å². The predicted octanol–water partition coefficient (Wildman–Crippen LogP) is 8.53. The number of fused-ring (bicyclic) bond motifs is 2. The number of aliphatic hydroxyl groups excluding tert-OH is 3. The normalized spacial score (nSPS) is 31.0. The molecule has 332 valence electrons. The number of benzene rings is 3. The smallest absolute Gasteiger partial charge is 0.201 e. The lowest BCUT2D eigenvalue weighted by atomic mass is 9.58. The molecule has 0 bridgehead atoms. The van der Waals surface area contributed by atoms with Crippen LogP contribution in [-0.4, -0.2) is 74.1 Å². The van der Waals surface area contributed by atoms with Crippen molar-refractivity contribution in [3.05, 3.63) is 118 Å². The Bertz CT molecular complexity index is 2180. The number of aromatic nitrogens is 1. The van der Waals surface area contributed by atoms with E-state index in [1.807, 2.05) is 37.6 Å². The Labute approximate surface area is 366 Å². The number of H-pyrrole nitrogens is 1. The Balaban J connectivity index is 1.03. The van der Waals surface area contributed by atoms with Crippen molar-refractivity contribution in [2.45, 2.75) is 138 Å².